The molecular formula is C13H11ClN4OS. The van der Waals surface area contributed by atoms with Crippen LogP contribution in [0.5, 0.6) is 0 Å². The fourth-order valence-corrected chi connectivity index (χ4v) is 2.44. The molecule has 1 N–H and O–H groups in total. The minimum atomic E-state index is 0.595. The number of benzene rings is 1. The zero-order chi connectivity index (χ0) is 13.9. The number of nitrogens with zero attached hydrogens (tertiary/aromatic N) is 3. The largest absolute Gasteiger partial charge is 0.431 e. The first-order valence-corrected chi connectivity index (χ1v) is 7.29. The molecule has 2 aromatic heterocycles. The van der Waals surface area contributed by atoms with Gasteiger partial charge < -0.3 is 4.42 Å². The molecule has 2 heterocycles. The van der Waals surface area contributed by atoms with Crippen molar-refractivity contribution < 1.29 is 4.42 Å². The van der Waals surface area contributed by atoms with E-state index in [9.17, 15) is 0 Å². The first-order valence-electron chi connectivity index (χ1n) is 5.93. The molecule has 20 heavy (non-hydrogen) atoms. The van der Waals surface area contributed by atoms with E-state index in [1.807, 2.05) is 31.2 Å². The highest BCUT2D eigenvalue weighted by Gasteiger charge is 2.08. The zero-order valence-electron chi connectivity index (χ0n) is 10.6. The highest BCUT2D eigenvalue weighted by atomic mass is 35.5. The second kappa shape index (κ2) is 5.68. The second-order valence-corrected chi connectivity index (χ2v) is 5.49. The minimum Gasteiger partial charge on any atom is -0.431 e. The van der Waals surface area contributed by atoms with Gasteiger partial charge in [-0.05, 0) is 31.2 Å². The number of oxazole rings is 1. The Labute approximate surface area is 124 Å². The molecule has 0 radical (unpaired) electrons. The lowest BCUT2D eigenvalue weighted by molar-refractivity contribution is 0.466. The highest BCUT2D eigenvalue weighted by molar-refractivity contribution is 7.98. The number of rotatable bonds is 4. The smallest absolute Gasteiger partial charge is 0.256 e. The minimum absolute atomic E-state index is 0.595. The van der Waals surface area contributed by atoms with Gasteiger partial charge in [-0.15, -0.1) is 0 Å². The van der Waals surface area contributed by atoms with Gasteiger partial charge in [-0.2, -0.15) is 5.10 Å². The lowest BCUT2D eigenvalue weighted by Gasteiger charge is -1.96. The second-order valence-electron chi connectivity index (χ2n) is 4.12. The molecule has 0 fully saturated rings. The molecule has 0 aliphatic carbocycles. The topological polar surface area (TPSA) is 67.6 Å². The molecule has 5 nitrogen and oxygen atoms in total. The summed E-state index contributed by atoms with van der Waals surface area (Å²) in [6, 6.07) is 7.44. The van der Waals surface area contributed by atoms with Crippen LogP contribution < -0.4 is 0 Å². The number of aromatic nitrogens is 4. The van der Waals surface area contributed by atoms with Gasteiger partial charge in [0.15, 0.2) is 11.6 Å². The summed E-state index contributed by atoms with van der Waals surface area (Å²) in [6.45, 7) is 1.87. The summed E-state index contributed by atoms with van der Waals surface area (Å²) in [4.78, 5) is 8.46. The van der Waals surface area contributed by atoms with Gasteiger partial charge in [0.2, 0.25) is 0 Å². The molecule has 0 saturated heterocycles. The Bertz CT molecular complexity index is 707. The Hall–Kier alpha value is -1.79. The van der Waals surface area contributed by atoms with Gasteiger partial charge in [0, 0.05) is 10.6 Å². The van der Waals surface area contributed by atoms with Crippen molar-refractivity contribution in [1.82, 2.24) is 20.2 Å². The van der Waals surface area contributed by atoms with Gasteiger partial charge >= 0.3 is 0 Å². The van der Waals surface area contributed by atoms with Crippen LogP contribution in [-0.4, -0.2) is 20.2 Å². The molecule has 0 aliphatic heterocycles. The summed E-state index contributed by atoms with van der Waals surface area (Å²) in [5.41, 5.74) is 0.947. The standard InChI is InChI=1S/C13H11ClN4OS/c1-8-16-12(18-17-8)7-20-13-15-6-11(19-13)9-2-4-10(14)5-3-9/h2-6H,7H2,1H3,(H,16,17,18). The number of aromatic amines is 1. The van der Waals surface area contributed by atoms with Crippen LogP contribution in [0.25, 0.3) is 11.3 Å². The number of H-pyrrole nitrogens is 1. The Morgan fingerprint density at radius 1 is 1.30 bits per heavy atom. The predicted molar refractivity (Wildman–Crippen MR) is 77.6 cm³/mol. The lowest BCUT2D eigenvalue weighted by Crippen LogP contribution is -1.83. The molecule has 3 rings (SSSR count). The van der Waals surface area contributed by atoms with Crippen LogP contribution in [0.2, 0.25) is 5.02 Å². The summed E-state index contributed by atoms with van der Waals surface area (Å²) >= 11 is 7.31. The third kappa shape index (κ3) is 3.02. The van der Waals surface area contributed by atoms with Crippen molar-refractivity contribution in [3.8, 4) is 11.3 Å². The number of hydrogen-bond acceptors (Lipinski definition) is 5. The monoisotopic (exact) mass is 306 g/mol. The third-order valence-electron chi connectivity index (χ3n) is 2.58. The van der Waals surface area contributed by atoms with Crippen molar-refractivity contribution in [1.29, 1.82) is 0 Å². The van der Waals surface area contributed by atoms with Gasteiger partial charge in [0.25, 0.3) is 5.22 Å². The van der Waals surface area contributed by atoms with Crippen molar-refractivity contribution in [3.63, 3.8) is 0 Å². The molecule has 0 bridgehead atoms. The van der Waals surface area contributed by atoms with E-state index in [-0.39, 0.29) is 0 Å². The summed E-state index contributed by atoms with van der Waals surface area (Å²) in [5, 5.41) is 8.16. The van der Waals surface area contributed by atoms with Crippen molar-refractivity contribution in [2.75, 3.05) is 0 Å². The average Bonchev–Trinajstić information content (AvgIpc) is 3.06. The van der Waals surface area contributed by atoms with Crippen molar-refractivity contribution in [2.45, 2.75) is 17.9 Å². The molecule has 3 aromatic rings. The fraction of sp³-hybridized carbons (Fsp3) is 0.154. The first kappa shape index (κ1) is 13.2. The molecule has 0 amide bonds. The average molecular weight is 307 g/mol. The van der Waals surface area contributed by atoms with Gasteiger partial charge in [0.05, 0.1) is 11.9 Å². The maximum Gasteiger partial charge on any atom is 0.256 e. The van der Waals surface area contributed by atoms with Gasteiger partial charge in [-0.3, -0.25) is 5.10 Å². The number of halogens is 1. The molecule has 0 saturated carbocycles. The SMILES string of the molecule is Cc1nc(CSc2ncc(-c3ccc(Cl)cc3)o2)n[nH]1. The lowest BCUT2D eigenvalue weighted by atomic mass is 10.2. The maximum absolute atomic E-state index is 5.86. The Balaban J connectivity index is 1.69. The number of aryl methyl sites for hydroxylation is 1. The van der Waals surface area contributed by atoms with Crippen LogP contribution in [0.4, 0.5) is 0 Å². The van der Waals surface area contributed by atoms with Crippen LogP contribution in [0, 0.1) is 6.92 Å². The molecular weight excluding hydrogens is 296 g/mol. The molecule has 0 unspecified atom stereocenters. The molecule has 0 atom stereocenters. The van der Waals surface area contributed by atoms with E-state index in [2.05, 4.69) is 20.2 Å². The van der Waals surface area contributed by atoms with Crippen molar-refractivity contribution in [3.05, 3.63) is 47.1 Å². The van der Waals surface area contributed by atoms with Crippen molar-refractivity contribution >= 4 is 23.4 Å². The van der Waals surface area contributed by atoms with E-state index in [4.69, 9.17) is 16.0 Å². The number of thioether (sulfide) groups is 1. The fourth-order valence-electron chi connectivity index (χ4n) is 1.65. The third-order valence-corrected chi connectivity index (χ3v) is 3.67. The number of nitrogens with one attached hydrogen (secondary N) is 1. The predicted octanol–water partition coefficient (Wildman–Crippen LogP) is 3.71. The molecule has 0 spiro atoms. The summed E-state index contributed by atoms with van der Waals surface area (Å²) in [6.07, 6.45) is 1.70. The van der Waals surface area contributed by atoms with E-state index in [0.717, 1.165) is 23.0 Å². The first-order chi connectivity index (χ1) is 9.70. The Kier molecular flexibility index (Phi) is 3.75. The number of hydrogen-bond donors (Lipinski definition) is 1. The van der Waals surface area contributed by atoms with Crippen LogP contribution in [0.15, 0.2) is 40.1 Å². The van der Waals surface area contributed by atoms with Crippen LogP contribution in [-0.2, 0) is 5.75 Å². The van der Waals surface area contributed by atoms with E-state index in [0.29, 0.717) is 16.0 Å². The molecule has 7 heteroatoms. The van der Waals surface area contributed by atoms with E-state index in [1.165, 1.54) is 11.8 Å². The molecule has 1 aromatic carbocycles. The summed E-state index contributed by atoms with van der Waals surface area (Å²) in [7, 11) is 0. The van der Waals surface area contributed by atoms with E-state index in [1.54, 1.807) is 6.20 Å². The van der Waals surface area contributed by atoms with Crippen LogP contribution in [0.3, 0.4) is 0 Å². The Morgan fingerprint density at radius 3 is 2.80 bits per heavy atom. The molecule has 0 aliphatic rings. The van der Waals surface area contributed by atoms with Gasteiger partial charge in [-0.1, -0.05) is 23.4 Å². The molecule has 102 valence electrons. The van der Waals surface area contributed by atoms with Crippen LogP contribution >= 0.6 is 23.4 Å². The van der Waals surface area contributed by atoms with Crippen molar-refractivity contribution in [2.24, 2.45) is 0 Å². The van der Waals surface area contributed by atoms with Crippen LogP contribution in [0.1, 0.15) is 11.6 Å². The van der Waals surface area contributed by atoms with Gasteiger partial charge in [0.1, 0.15) is 5.82 Å². The normalized spacial score (nSPS) is 10.9. The summed E-state index contributed by atoms with van der Waals surface area (Å²) in [5.74, 6) is 2.87. The Morgan fingerprint density at radius 2 is 2.10 bits per heavy atom. The maximum atomic E-state index is 5.86. The highest BCUT2D eigenvalue weighted by Crippen LogP contribution is 2.27. The van der Waals surface area contributed by atoms with E-state index < -0.39 is 0 Å². The quantitative estimate of drug-likeness (QED) is 0.744. The van der Waals surface area contributed by atoms with Gasteiger partial charge in [-0.25, -0.2) is 9.97 Å². The van der Waals surface area contributed by atoms with E-state index >= 15 is 0 Å². The zero-order valence-corrected chi connectivity index (χ0v) is 12.2. The summed E-state index contributed by atoms with van der Waals surface area (Å²) < 4.78 is 5.68.